The van der Waals surface area contributed by atoms with Gasteiger partial charge in [0.1, 0.15) is 11.6 Å². The summed E-state index contributed by atoms with van der Waals surface area (Å²) in [5.74, 6) is 1.04. The summed E-state index contributed by atoms with van der Waals surface area (Å²) in [6.45, 7) is 9.81. The van der Waals surface area contributed by atoms with Crippen LogP contribution in [0.25, 0.3) is 0 Å². The Morgan fingerprint density at radius 3 is 1.79 bits per heavy atom. The predicted octanol–water partition coefficient (Wildman–Crippen LogP) is 4.95. The minimum Gasteiger partial charge on any atom is -0.372 e. The molecule has 2 aliphatic rings. The summed E-state index contributed by atoms with van der Waals surface area (Å²) in [6, 6.07) is 20.8. The van der Waals surface area contributed by atoms with Crippen molar-refractivity contribution >= 4 is 11.6 Å². The quantitative estimate of drug-likeness (QED) is 0.603. The van der Waals surface area contributed by atoms with E-state index in [-0.39, 0.29) is 29.8 Å². The summed E-state index contributed by atoms with van der Waals surface area (Å²) < 4.78 is 5.85. The van der Waals surface area contributed by atoms with Gasteiger partial charge in [-0.15, -0.1) is 0 Å². The first-order valence-corrected chi connectivity index (χ1v) is 12.5. The highest BCUT2D eigenvalue weighted by molar-refractivity contribution is 5.82. The SMILES string of the molecule is CC.CC(=O)C1CC(OCc2ccccc2)CN1C.CC(=O)C1CC(c2ccccc2)CN1C. The van der Waals surface area contributed by atoms with Crippen LogP contribution in [0.3, 0.4) is 0 Å². The molecule has 0 aliphatic carbocycles. The Morgan fingerprint density at radius 1 is 0.794 bits per heavy atom. The second-order valence-electron chi connectivity index (χ2n) is 9.13. The van der Waals surface area contributed by atoms with E-state index in [1.807, 2.05) is 52.2 Å². The topological polar surface area (TPSA) is 49.9 Å². The van der Waals surface area contributed by atoms with Gasteiger partial charge in [0.2, 0.25) is 0 Å². The number of hydrogen-bond acceptors (Lipinski definition) is 5. The standard InChI is InChI=1S/C14H19NO2.C13H17NO.C2H6/c1-11(16)14-8-13(9-15(14)2)17-10-12-6-4-3-5-7-12;1-10(15)13-8-12(9-14(13)2)11-6-4-3-5-7-11;1-2/h3-7,13-14H,8-10H2,1-2H3;3-7,12-13H,8-9H2,1-2H3;1-2H3. The number of hydrogen-bond donors (Lipinski definition) is 0. The molecule has 2 saturated heterocycles. The molecule has 2 aromatic rings. The molecule has 0 aromatic heterocycles. The maximum absolute atomic E-state index is 11.4. The lowest BCUT2D eigenvalue weighted by atomic mass is 9.95. The van der Waals surface area contributed by atoms with Gasteiger partial charge in [0.25, 0.3) is 0 Å². The van der Waals surface area contributed by atoms with E-state index in [9.17, 15) is 9.59 Å². The van der Waals surface area contributed by atoms with Crippen LogP contribution in [0, 0.1) is 0 Å². The van der Waals surface area contributed by atoms with Crippen molar-refractivity contribution in [2.75, 3.05) is 27.2 Å². The van der Waals surface area contributed by atoms with Crippen molar-refractivity contribution < 1.29 is 14.3 Å². The fraction of sp³-hybridized carbons (Fsp3) is 0.517. The van der Waals surface area contributed by atoms with Gasteiger partial charge in [0.15, 0.2) is 0 Å². The molecule has 186 valence electrons. The van der Waals surface area contributed by atoms with Gasteiger partial charge in [-0.3, -0.25) is 19.4 Å². The normalized spacial score (nSPS) is 24.5. The van der Waals surface area contributed by atoms with Gasteiger partial charge >= 0.3 is 0 Å². The van der Waals surface area contributed by atoms with Crippen LogP contribution in [0.15, 0.2) is 60.7 Å². The number of likely N-dealkylation sites (N-methyl/N-ethyl adjacent to an activating group) is 2. The number of rotatable bonds is 6. The van der Waals surface area contributed by atoms with Crippen LogP contribution >= 0.6 is 0 Å². The molecule has 5 nitrogen and oxygen atoms in total. The summed E-state index contributed by atoms with van der Waals surface area (Å²) in [5, 5.41) is 0. The van der Waals surface area contributed by atoms with Crippen LogP contribution in [0.5, 0.6) is 0 Å². The molecule has 2 aliphatic heterocycles. The van der Waals surface area contributed by atoms with Gasteiger partial charge in [0.05, 0.1) is 24.8 Å². The molecule has 2 heterocycles. The van der Waals surface area contributed by atoms with Crippen LogP contribution in [0.2, 0.25) is 0 Å². The molecule has 0 radical (unpaired) electrons. The lowest BCUT2D eigenvalue weighted by molar-refractivity contribution is -0.121. The van der Waals surface area contributed by atoms with E-state index >= 15 is 0 Å². The molecular weight excluding hydrogens is 424 g/mol. The Labute approximate surface area is 206 Å². The van der Waals surface area contributed by atoms with Crippen LogP contribution in [0.4, 0.5) is 0 Å². The molecule has 5 heteroatoms. The molecule has 34 heavy (non-hydrogen) atoms. The first-order chi connectivity index (χ1) is 16.3. The van der Waals surface area contributed by atoms with Crippen molar-refractivity contribution in [3.8, 4) is 0 Å². The van der Waals surface area contributed by atoms with Crippen molar-refractivity contribution in [3.05, 3.63) is 71.8 Å². The zero-order valence-electron chi connectivity index (χ0n) is 21.7. The van der Waals surface area contributed by atoms with Gasteiger partial charge in [-0.1, -0.05) is 74.5 Å². The molecule has 4 atom stereocenters. The van der Waals surface area contributed by atoms with Gasteiger partial charge in [-0.25, -0.2) is 0 Å². The van der Waals surface area contributed by atoms with Crippen LogP contribution in [-0.4, -0.2) is 66.7 Å². The third-order valence-corrected chi connectivity index (χ3v) is 6.60. The number of nitrogens with zero attached hydrogens (tertiary/aromatic N) is 2. The second kappa shape index (κ2) is 14.1. The van der Waals surface area contributed by atoms with E-state index in [0.717, 1.165) is 25.9 Å². The lowest BCUT2D eigenvalue weighted by Crippen LogP contribution is -2.30. The Kier molecular flexibility index (Phi) is 11.6. The van der Waals surface area contributed by atoms with E-state index in [0.29, 0.717) is 12.5 Å². The monoisotopic (exact) mass is 466 g/mol. The zero-order chi connectivity index (χ0) is 25.1. The number of benzene rings is 2. The molecule has 4 rings (SSSR count). The second-order valence-corrected chi connectivity index (χ2v) is 9.13. The molecular formula is C29H42N2O3. The van der Waals surface area contributed by atoms with E-state index in [1.54, 1.807) is 13.8 Å². The van der Waals surface area contributed by atoms with Crippen LogP contribution < -0.4 is 0 Å². The largest absolute Gasteiger partial charge is 0.372 e. The third kappa shape index (κ3) is 8.15. The number of ketones is 2. The summed E-state index contributed by atoms with van der Waals surface area (Å²) in [6.07, 6.45) is 1.96. The summed E-state index contributed by atoms with van der Waals surface area (Å²) in [4.78, 5) is 27.0. The lowest BCUT2D eigenvalue weighted by Gasteiger charge is -2.14. The van der Waals surface area contributed by atoms with Crippen molar-refractivity contribution in [3.63, 3.8) is 0 Å². The summed E-state index contributed by atoms with van der Waals surface area (Å²) >= 11 is 0. The highest BCUT2D eigenvalue weighted by atomic mass is 16.5. The Bertz CT molecular complexity index is 871. The minimum atomic E-state index is 0.0378. The van der Waals surface area contributed by atoms with Crippen molar-refractivity contribution in [2.45, 2.75) is 71.2 Å². The van der Waals surface area contributed by atoms with Gasteiger partial charge < -0.3 is 4.74 Å². The highest BCUT2D eigenvalue weighted by Gasteiger charge is 2.33. The molecule has 4 unspecified atom stereocenters. The number of ether oxygens (including phenoxy) is 1. The van der Waals surface area contributed by atoms with E-state index in [2.05, 4.69) is 46.2 Å². The summed E-state index contributed by atoms with van der Waals surface area (Å²) in [5.41, 5.74) is 2.54. The maximum Gasteiger partial charge on any atom is 0.146 e. The Morgan fingerprint density at radius 2 is 1.29 bits per heavy atom. The van der Waals surface area contributed by atoms with Gasteiger partial charge in [0, 0.05) is 13.1 Å². The molecule has 0 spiro atoms. The number of Topliss-reactive ketones (excluding diaryl/α,β-unsaturated/α-hetero) is 2. The van der Waals surface area contributed by atoms with Crippen LogP contribution in [0.1, 0.15) is 57.6 Å². The first kappa shape index (κ1) is 27.9. The predicted molar refractivity (Wildman–Crippen MR) is 139 cm³/mol. The molecule has 0 amide bonds. The van der Waals surface area contributed by atoms with Crippen molar-refractivity contribution in [2.24, 2.45) is 0 Å². The van der Waals surface area contributed by atoms with Crippen molar-refractivity contribution in [1.82, 2.24) is 9.80 Å². The average Bonchev–Trinajstić information content (AvgIpc) is 3.43. The Balaban J connectivity index is 0.000000225. The summed E-state index contributed by atoms with van der Waals surface area (Å²) in [7, 11) is 4.02. The molecule has 0 bridgehead atoms. The molecule has 2 fully saturated rings. The average molecular weight is 467 g/mol. The molecule has 2 aromatic carbocycles. The first-order valence-electron chi connectivity index (χ1n) is 12.5. The number of carbonyl (C=O) groups is 2. The minimum absolute atomic E-state index is 0.0378. The number of likely N-dealkylation sites (tertiary alicyclic amines) is 2. The van der Waals surface area contributed by atoms with Gasteiger partial charge in [-0.05, 0) is 57.8 Å². The fourth-order valence-electron chi connectivity index (χ4n) is 4.78. The van der Waals surface area contributed by atoms with Gasteiger partial charge in [-0.2, -0.15) is 0 Å². The van der Waals surface area contributed by atoms with E-state index in [4.69, 9.17) is 4.74 Å². The molecule has 0 N–H and O–H groups in total. The zero-order valence-corrected chi connectivity index (χ0v) is 21.7. The number of carbonyl (C=O) groups excluding carboxylic acids is 2. The Hall–Kier alpha value is -2.34. The van der Waals surface area contributed by atoms with Crippen LogP contribution in [-0.2, 0) is 20.9 Å². The van der Waals surface area contributed by atoms with E-state index < -0.39 is 0 Å². The molecule has 0 saturated carbocycles. The maximum atomic E-state index is 11.4. The van der Waals surface area contributed by atoms with Crippen molar-refractivity contribution in [1.29, 1.82) is 0 Å². The van der Waals surface area contributed by atoms with E-state index in [1.165, 1.54) is 11.1 Å². The third-order valence-electron chi connectivity index (χ3n) is 6.60. The smallest absolute Gasteiger partial charge is 0.146 e. The fourth-order valence-corrected chi connectivity index (χ4v) is 4.78. The highest BCUT2D eigenvalue weighted by Crippen LogP contribution is 2.30.